The molecule has 6 nitrogen and oxygen atoms in total. The number of ether oxygens (including phenoxy) is 1. The maximum Gasteiger partial charge on any atom is 0.338 e. The summed E-state index contributed by atoms with van der Waals surface area (Å²) < 4.78 is 4.98. The van der Waals surface area contributed by atoms with Crippen molar-refractivity contribution >= 4 is 46.3 Å². The fraction of sp³-hybridized carbons (Fsp3) is 0.261. The summed E-state index contributed by atoms with van der Waals surface area (Å²) in [6.45, 7) is 8.16. The molecule has 0 unspecified atom stereocenters. The van der Waals surface area contributed by atoms with E-state index in [0.29, 0.717) is 22.8 Å². The predicted molar refractivity (Wildman–Crippen MR) is 123 cm³/mol. The van der Waals surface area contributed by atoms with Crippen molar-refractivity contribution < 1.29 is 14.3 Å². The Morgan fingerprint density at radius 1 is 1.07 bits per heavy atom. The van der Waals surface area contributed by atoms with Gasteiger partial charge in [-0.15, -0.1) is 0 Å². The van der Waals surface area contributed by atoms with Gasteiger partial charge in [-0.05, 0) is 80.6 Å². The van der Waals surface area contributed by atoms with E-state index in [1.165, 1.54) is 4.90 Å². The third-order valence-electron chi connectivity index (χ3n) is 4.78. The van der Waals surface area contributed by atoms with E-state index in [4.69, 9.17) is 10.1 Å². The minimum atomic E-state index is -0.407. The van der Waals surface area contributed by atoms with E-state index < -0.39 is 5.97 Å². The average molecular weight is 424 g/mol. The molecule has 0 saturated carbocycles. The van der Waals surface area contributed by atoms with Crippen LogP contribution in [0.2, 0.25) is 0 Å². The smallest absolute Gasteiger partial charge is 0.338 e. The summed E-state index contributed by atoms with van der Waals surface area (Å²) in [6, 6.07) is 14.6. The SMILES string of the molecule is CCOC(=O)c1ccc(N2C(=N)S/C(=C\c3ccc(N(CC)CC)cc3)C2=O)cc1. The Labute approximate surface area is 181 Å². The Morgan fingerprint density at radius 2 is 1.70 bits per heavy atom. The van der Waals surface area contributed by atoms with E-state index in [1.54, 1.807) is 37.3 Å². The summed E-state index contributed by atoms with van der Waals surface area (Å²) in [7, 11) is 0. The van der Waals surface area contributed by atoms with Crippen LogP contribution >= 0.6 is 11.8 Å². The Bertz CT molecular complexity index is 964. The van der Waals surface area contributed by atoms with E-state index in [-0.39, 0.29) is 11.1 Å². The van der Waals surface area contributed by atoms with Crippen LogP contribution in [-0.2, 0) is 9.53 Å². The molecule has 30 heavy (non-hydrogen) atoms. The molecule has 7 heteroatoms. The van der Waals surface area contributed by atoms with Crippen molar-refractivity contribution in [3.05, 3.63) is 64.6 Å². The predicted octanol–water partition coefficient (Wildman–Crippen LogP) is 4.77. The first-order chi connectivity index (χ1) is 14.5. The van der Waals surface area contributed by atoms with Gasteiger partial charge in [0.05, 0.1) is 22.8 Å². The fourth-order valence-electron chi connectivity index (χ4n) is 3.20. The van der Waals surface area contributed by atoms with Crippen LogP contribution in [0.5, 0.6) is 0 Å². The molecule has 0 atom stereocenters. The lowest BCUT2D eigenvalue weighted by atomic mass is 10.1. The van der Waals surface area contributed by atoms with Gasteiger partial charge in [-0.1, -0.05) is 12.1 Å². The summed E-state index contributed by atoms with van der Waals surface area (Å²) >= 11 is 1.13. The van der Waals surface area contributed by atoms with E-state index >= 15 is 0 Å². The number of anilines is 2. The minimum absolute atomic E-state index is 0.134. The lowest BCUT2D eigenvalue weighted by molar-refractivity contribution is -0.113. The van der Waals surface area contributed by atoms with E-state index in [2.05, 4.69) is 18.7 Å². The monoisotopic (exact) mass is 423 g/mol. The molecule has 0 bridgehead atoms. The van der Waals surface area contributed by atoms with Crippen molar-refractivity contribution in [3.8, 4) is 0 Å². The fourth-order valence-corrected chi connectivity index (χ4v) is 4.07. The Morgan fingerprint density at radius 3 is 2.27 bits per heavy atom. The first-order valence-electron chi connectivity index (χ1n) is 9.93. The number of amidine groups is 1. The van der Waals surface area contributed by atoms with Gasteiger partial charge >= 0.3 is 5.97 Å². The van der Waals surface area contributed by atoms with Crippen LogP contribution in [0.1, 0.15) is 36.7 Å². The number of thioether (sulfide) groups is 1. The van der Waals surface area contributed by atoms with Crippen LogP contribution in [-0.4, -0.2) is 36.7 Å². The Kier molecular flexibility index (Phi) is 6.95. The highest BCUT2D eigenvalue weighted by molar-refractivity contribution is 8.19. The summed E-state index contributed by atoms with van der Waals surface area (Å²) in [6.07, 6.45) is 1.81. The molecule has 1 saturated heterocycles. The number of rotatable bonds is 7. The second kappa shape index (κ2) is 9.63. The van der Waals surface area contributed by atoms with Crippen LogP contribution in [0.3, 0.4) is 0 Å². The molecule has 0 aromatic heterocycles. The van der Waals surface area contributed by atoms with Gasteiger partial charge in [0.2, 0.25) is 0 Å². The van der Waals surface area contributed by atoms with Crippen molar-refractivity contribution in [2.45, 2.75) is 20.8 Å². The molecule has 1 fully saturated rings. The number of nitrogens with one attached hydrogen (secondary N) is 1. The van der Waals surface area contributed by atoms with Crippen LogP contribution in [0.15, 0.2) is 53.4 Å². The lowest BCUT2D eigenvalue weighted by Gasteiger charge is -2.20. The number of hydrogen-bond donors (Lipinski definition) is 1. The first-order valence-corrected chi connectivity index (χ1v) is 10.7. The van der Waals surface area contributed by atoms with E-state index in [9.17, 15) is 9.59 Å². The van der Waals surface area contributed by atoms with Gasteiger partial charge in [0, 0.05) is 18.8 Å². The standard InChI is InChI=1S/C23H25N3O3S/c1-4-25(5-2)18-11-7-16(8-12-18)15-20-21(27)26(23(24)30-20)19-13-9-17(10-14-19)22(28)29-6-3/h7-15,24H,4-6H2,1-3H3/b20-15-,24-23?. The number of carbonyl (C=O) groups is 2. The van der Waals surface area contributed by atoms with Gasteiger partial charge in [-0.3, -0.25) is 15.1 Å². The third-order valence-corrected chi connectivity index (χ3v) is 5.67. The molecule has 156 valence electrons. The highest BCUT2D eigenvalue weighted by Gasteiger charge is 2.33. The van der Waals surface area contributed by atoms with Crippen molar-refractivity contribution in [1.29, 1.82) is 5.41 Å². The second-order valence-electron chi connectivity index (χ2n) is 6.59. The van der Waals surface area contributed by atoms with Crippen molar-refractivity contribution in [2.75, 3.05) is 29.5 Å². The summed E-state index contributed by atoms with van der Waals surface area (Å²) in [5.74, 6) is -0.656. The number of carbonyl (C=O) groups excluding carboxylic acids is 2. The topological polar surface area (TPSA) is 73.7 Å². The van der Waals surface area contributed by atoms with Gasteiger partial charge < -0.3 is 9.64 Å². The number of esters is 1. The van der Waals surface area contributed by atoms with Crippen LogP contribution in [0.25, 0.3) is 6.08 Å². The molecule has 2 aromatic rings. The first kappa shape index (κ1) is 21.6. The summed E-state index contributed by atoms with van der Waals surface area (Å²) in [4.78, 5) is 28.8. The molecule has 0 spiro atoms. The molecule has 0 aliphatic carbocycles. The quantitative estimate of drug-likeness (QED) is 0.513. The highest BCUT2D eigenvalue weighted by Crippen LogP contribution is 2.35. The normalized spacial score (nSPS) is 15.0. The molecule has 2 aromatic carbocycles. The van der Waals surface area contributed by atoms with Gasteiger partial charge in [0.1, 0.15) is 0 Å². The Hall–Kier alpha value is -3.06. The largest absolute Gasteiger partial charge is 0.462 e. The van der Waals surface area contributed by atoms with Crippen molar-refractivity contribution in [3.63, 3.8) is 0 Å². The molecule has 1 amide bonds. The molecule has 1 aliphatic heterocycles. The van der Waals surface area contributed by atoms with E-state index in [0.717, 1.165) is 36.1 Å². The van der Waals surface area contributed by atoms with E-state index in [1.807, 2.05) is 24.3 Å². The highest BCUT2D eigenvalue weighted by atomic mass is 32.2. The molecule has 1 N–H and O–H groups in total. The zero-order chi connectivity index (χ0) is 21.7. The third kappa shape index (κ3) is 4.57. The maximum absolute atomic E-state index is 12.9. The van der Waals surface area contributed by atoms with Crippen LogP contribution in [0, 0.1) is 5.41 Å². The Balaban J connectivity index is 1.78. The van der Waals surface area contributed by atoms with Gasteiger partial charge in [-0.25, -0.2) is 4.79 Å². The molecule has 0 radical (unpaired) electrons. The van der Waals surface area contributed by atoms with Crippen molar-refractivity contribution in [2.24, 2.45) is 0 Å². The molecular formula is C23H25N3O3S. The number of amides is 1. The summed E-state index contributed by atoms with van der Waals surface area (Å²) in [5.41, 5.74) is 3.01. The van der Waals surface area contributed by atoms with Crippen LogP contribution < -0.4 is 9.80 Å². The molecule has 3 rings (SSSR count). The minimum Gasteiger partial charge on any atom is -0.462 e. The van der Waals surface area contributed by atoms with Gasteiger partial charge in [0.15, 0.2) is 5.17 Å². The zero-order valence-electron chi connectivity index (χ0n) is 17.3. The maximum atomic E-state index is 12.9. The molecule has 1 heterocycles. The number of nitrogens with zero attached hydrogens (tertiary/aromatic N) is 2. The zero-order valence-corrected chi connectivity index (χ0v) is 18.2. The molecular weight excluding hydrogens is 398 g/mol. The van der Waals surface area contributed by atoms with Crippen molar-refractivity contribution in [1.82, 2.24) is 0 Å². The average Bonchev–Trinajstić information content (AvgIpc) is 3.03. The van der Waals surface area contributed by atoms with Crippen LogP contribution in [0.4, 0.5) is 11.4 Å². The van der Waals surface area contributed by atoms with Gasteiger partial charge in [-0.2, -0.15) is 0 Å². The number of hydrogen-bond acceptors (Lipinski definition) is 6. The summed E-state index contributed by atoms with van der Waals surface area (Å²) in [5, 5.41) is 8.38. The second-order valence-corrected chi connectivity index (χ2v) is 7.62. The molecule has 1 aliphatic rings. The lowest BCUT2D eigenvalue weighted by Crippen LogP contribution is -2.28. The number of benzene rings is 2. The van der Waals surface area contributed by atoms with Gasteiger partial charge in [0.25, 0.3) is 5.91 Å².